The van der Waals surface area contributed by atoms with Crippen molar-refractivity contribution < 1.29 is 0 Å². The van der Waals surface area contributed by atoms with Crippen LogP contribution in [-0.4, -0.2) is 0 Å². The minimum absolute atomic E-state index is 0.827. The fraction of sp³-hybridized carbons (Fsp3) is 0.692. The third kappa shape index (κ3) is 1.72. The molecule has 0 N–H and O–H groups in total. The third-order valence-electron chi connectivity index (χ3n) is 3.52. The first-order valence-electron chi connectivity index (χ1n) is 5.67. The Hall–Kier alpha value is -0.520. The average molecular weight is 176 g/mol. The summed E-state index contributed by atoms with van der Waals surface area (Å²) >= 11 is 0. The molecule has 0 saturated carbocycles. The molecule has 0 nitrogen and oxygen atoms in total. The summed E-state index contributed by atoms with van der Waals surface area (Å²) in [6.45, 7) is 4.73. The fourth-order valence-electron chi connectivity index (χ4n) is 2.77. The van der Waals surface area contributed by atoms with E-state index in [2.05, 4.69) is 26.0 Å². The van der Waals surface area contributed by atoms with E-state index in [0.717, 1.165) is 11.8 Å². The van der Waals surface area contributed by atoms with E-state index in [1.165, 1.54) is 32.1 Å². The van der Waals surface area contributed by atoms with Gasteiger partial charge in [0.1, 0.15) is 0 Å². The van der Waals surface area contributed by atoms with Crippen LogP contribution in [-0.2, 0) is 0 Å². The van der Waals surface area contributed by atoms with E-state index < -0.39 is 0 Å². The van der Waals surface area contributed by atoms with Crippen molar-refractivity contribution in [2.45, 2.75) is 46.0 Å². The van der Waals surface area contributed by atoms with Crippen LogP contribution in [0.5, 0.6) is 0 Å². The van der Waals surface area contributed by atoms with Crippen molar-refractivity contribution >= 4 is 0 Å². The second kappa shape index (κ2) is 3.69. The van der Waals surface area contributed by atoms with Gasteiger partial charge in [-0.1, -0.05) is 31.6 Å². The summed E-state index contributed by atoms with van der Waals surface area (Å²) < 4.78 is 0. The summed E-state index contributed by atoms with van der Waals surface area (Å²) in [6.07, 6.45) is 11.6. The Morgan fingerprint density at radius 3 is 2.92 bits per heavy atom. The summed E-state index contributed by atoms with van der Waals surface area (Å²) in [5.41, 5.74) is 3.47. The zero-order valence-electron chi connectivity index (χ0n) is 8.84. The van der Waals surface area contributed by atoms with Gasteiger partial charge in [0.2, 0.25) is 0 Å². The molecule has 0 aliphatic heterocycles. The summed E-state index contributed by atoms with van der Waals surface area (Å²) in [7, 11) is 0. The summed E-state index contributed by atoms with van der Waals surface area (Å²) in [4.78, 5) is 0. The standard InChI is InChI=1S/C13H20/c1-10(2)12-9-5-7-11-6-3-4-8-13(11)12/h4,8,10,12H,3,5-7,9H2,1-2H3. The molecule has 0 saturated heterocycles. The van der Waals surface area contributed by atoms with E-state index in [0.29, 0.717) is 0 Å². The maximum atomic E-state index is 2.41. The highest BCUT2D eigenvalue weighted by Crippen LogP contribution is 2.39. The lowest BCUT2D eigenvalue weighted by Gasteiger charge is -2.31. The zero-order valence-corrected chi connectivity index (χ0v) is 8.84. The fourth-order valence-corrected chi connectivity index (χ4v) is 2.77. The summed E-state index contributed by atoms with van der Waals surface area (Å²) in [5, 5.41) is 0. The Balaban J connectivity index is 2.25. The highest BCUT2D eigenvalue weighted by atomic mass is 14.3. The summed E-state index contributed by atoms with van der Waals surface area (Å²) in [5.74, 6) is 1.69. The van der Waals surface area contributed by atoms with Crippen molar-refractivity contribution in [3.8, 4) is 0 Å². The van der Waals surface area contributed by atoms with Crippen molar-refractivity contribution in [2.24, 2.45) is 11.8 Å². The normalized spacial score (nSPS) is 28.1. The van der Waals surface area contributed by atoms with Gasteiger partial charge >= 0.3 is 0 Å². The van der Waals surface area contributed by atoms with Crippen LogP contribution in [0.1, 0.15) is 46.0 Å². The number of hydrogen-bond donors (Lipinski definition) is 0. The van der Waals surface area contributed by atoms with Gasteiger partial charge in [-0.2, -0.15) is 0 Å². The van der Waals surface area contributed by atoms with E-state index in [9.17, 15) is 0 Å². The highest BCUT2D eigenvalue weighted by Gasteiger charge is 2.24. The van der Waals surface area contributed by atoms with Crippen LogP contribution in [0.4, 0.5) is 0 Å². The Bertz CT molecular complexity index is 243. The lowest BCUT2D eigenvalue weighted by molar-refractivity contribution is 0.385. The van der Waals surface area contributed by atoms with E-state index in [1.54, 1.807) is 11.1 Å². The van der Waals surface area contributed by atoms with Crippen LogP contribution >= 0.6 is 0 Å². The molecule has 0 aromatic rings. The van der Waals surface area contributed by atoms with Gasteiger partial charge in [0.05, 0.1) is 0 Å². The molecule has 0 fully saturated rings. The lowest BCUT2D eigenvalue weighted by Crippen LogP contribution is -2.18. The van der Waals surface area contributed by atoms with Crippen LogP contribution in [0.25, 0.3) is 0 Å². The number of hydrogen-bond acceptors (Lipinski definition) is 0. The number of rotatable bonds is 1. The molecule has 0 radical (unpaired) electrons. The first kappa shape index (κ1) is 9.05. The van der Waals surface area contributed by atoms with Crippen LogP contribution in [0.2, 0.25) is 0 Å². The monoisotopic (exact) mass is 176 g/mol. The Morgan fingerprint density at radius 1 is 1.31 bits per heavy atom. The molecular formula is C13H20. The van der Waals surface area contributed by atoms with Gasteiger partial charge in [0.25, 0.3) is 0 Å². The molecule has 2 aliphatic rings. The van der Waals surface area contributed by atoms with Crippen molar-refractivity contribution in [3.63, 3.8) is 0 Å². The third-order valence-corrected chi connectivity index (χ3v) is 3.52. The zero-order chi connectivity index (χ0) is 9.26. The predicted octanol–water partition coefficient (Wildman–Crippen LogP) is 4.09. The molecule has 0 aromatic carbocycles. The van der Waals surface area contributed by atoms with Gasteiger partial charge in [-0.05, 0) is 49.5 Å². The summed E-state index contributed by atoms with van der Waals surface area (Å²) in [6, 6.07) is 0. The van der Waals surface area contributed by atoms with Gasteiger partial charge in [-0.3, -0.25) is 0 Å². The first-order valence-corrected chi connectivity index (χ1v) is 5.67. The minimum atomic E-state index is 0.827. The van der Waals surface area contributed by atoms with Gasteiger partial charge in [-0.25, -0.2) is 0 Å². The van der Waals surface area contributed by atoms with Crippen molar-refractivity contribution in [1.29, 1.82) is 0 Å². The molecule has 1 unspecified atom stereocenters. The maximum Gasteiger partial charge on any atom is -0.0139 e. The maximum absolute atomic E-state index is 2.41. The first-order chi connectivity index (χ1) is 6.29. The minimum Gasteiger partial charge on any atom is -0.0839 e. The van der Waals surface area contributed by atoms with Crippen molar-refractivity contribution in [2.75, 3.05) is 0 Å². The second-order valence-corrected chi connectivity index (χ2v) is 4.74. The largest absolute Gasteiger partial charge is 0.0839 e. The molecule has 0 bridgehead atoms. The van der Waals surface area contributed by atoms with Crippen LogP contribution in [0, 0.1) is 11.8 Å². The molecular weight excluding hydrogens is 156 g/mol. The van der Waals surface area contributed by atoms with E-state index in [-0.39, 0.29) is 0 Å². The van der Waals surface area contributed by atoms with Gasteiger partial charge in [0.15, 0.2) is 0 Å². The molecule has 2 rings (SSSR count). The quantitative estimate of drug-likeness (QED) is 0.564. The molecule has 0 amide bonds. The topological polar surface area (TPSA) is 0 Å². The molecule has 0 heterocycles. The van der Waals surface area contributed by atoms with Crippen LogP contribution < -0.4 is 0 Å². The van der Waals surface area contributed by atoms with E-state index >= 15 is 0 Å². The van der Waals surface area contributed by atoms with Gasteiger partial charge in [0, 0.05) is 0 Å². The van der Waals surface area contributed by atoms with Crippen LogP contribution in [0.3, 0.4) is 0 Å². The second-order valence-electron chi connectivity index (χ2n) is 4.74. The van der Waals surface area contributed by atoms with Crippen molar-refractivity contribution in [3.05, 3.63) is 23.3 Å². The smallest absolute Gasteiger partial charge is 0.0139 e. The van der Waals surface area contributed by atoms with Gasteiger partial charge in [-0.15, -0.1) is 0 Å². The van der Waals surface area contributed by atoms with E-state index in [4.69, 9.17) is 0 Å². The lowest BCUT2D eigenvalue weighted by atomic mass is 9.74. The van der Waals surface area contributed by atoms with Crippen LogP contribution in [0.15, 0.2) is 23.3 Å². The Kier molecular flexibility index (Phi) is 2.57. The molecule has 13 heavy (non-hydrogen) atoms. The van der Waals surface area contributed by atoms with Gasteiger partial charge < -0.3 is 0 Å². The predicted molar refractivity (Wildman–Crippen MR) is 57.6 cm³/mol. The molecule has 1 atom stereocenters. The van der Waals surface area contributed by atoms with E-state index in [1.807, 2.05) is 0 Å². The molecule has 72 valence electrons. The SMILES string of the molecule is CC(C)C1CCCC2=C1C=CCC2. The Morgan fingerprint density at radius 2 is 2.15 bits per heavy atom. The number of allylic oxidation sites excluding steroid dienone is 4. The molecule has 0 spiro atoms. The highest BCUT2D eigenvalue weighted by molar-refractivity contribution is 5.33. The molecule has 0 heteroatoms. The molecule has 2 aliphatic carbocycles. The molecule has 0 aromatic heterocycles. The Labute approximate surface area is 81.7 Å². The average Bonchev–Trinajstić information content (AvgIpc) is 2.17. The van der Waals surface area contributed by atoms with Crippen molar-refractivity contribution in [1.82, 2.24) is 0 Å².